The number of likely N-dealkylation sites (N-methyl/N-ethyl adjacent to an activating group) is 1. The molecule has 0 unspecified atom stereocenters. The van der Waals surface area contributed by atoms with Crippen molar-refractivity contribution < 1.29 is 9.59 Å². The second-order valence-corrected chi connectivity index (χ2v) is 7.39. The Kier molecular flexibility index (Phi) is 5.49. The molecule has 136 valence electrons. The normalized spacial score (nSPS) is 24.7. The lowest BCUT2D eigenvalue weighted by molar-refractivity contribution is -0.121. The van der Waals surface area contributed by atoms with Crippen molar-refractivity contribution >= 4 is 23.5 Å². The number of piperazine rings is 1. The van der Waals surface area contributed by atoms with Crippen LogP contribution in [0.25, 0.3) is 0 Å². The Morgan fingerprint density at radius 2 is 2.04 bits per heavy atom. The summed E-state index contributed by atoms with van der Waals surface area (Å²) in [4.78, 5) is 28.5. The first-order valence-corrected chi connectivity index (χ1v) is 9.11. The summed E-state index contributed by atoms with van der Waals surface area (Å²) in [6.07, 6.45) is 2.18. The molecule has 1 atom stereocenters. The average Bonchev–Trinajstić information content (AvgIpc) is 2.79. The molecular weight excluding hydrogens is 340 g/mol. The molecule has 3 amide bonds. The SMILES string of the molecule is CN1CCN(C(=O)NCc2ccc(Cl)cc2)C[C@]12CCNC(=O)CC2. The molecular formula is C18H25ClN4O2. The fourth-order valence-corrected chi connectivity index (χ4v) is 3.79. The lowest BCUT2D eigenvalue weighted by Crippen LogP contribution is -2.63. The zero-order chi connectivity index (χ0) is 17.9. The van der Waals surface area contributed by atoms with Gasteiger partial charge in [0.2, 0.25) is 5.91 Å². The van der Waals surface area contributed by atoms with Gasteiger partial charge in [-0.15, -0.1) is 0 Å². The van der Waals surface area contributed by atoms with E-state index in [9.17, 15) is 9.59 Å². The summed E-state index contributed by atoms with van der Waals surface area (Å²) in [7, 11) is 2.10. The monoisotopic (exact) mass is 364 g/mol. The van der Waals surface area contributed by atoms with Crippen molar-refractivity contribution in [2.24, 2.45) is 0 Å². The van der Waals surface area contributed by atoms with Crippen LogP contribution >= 0.6 is 11.6 Å². The van der Waals surface area contributed by atoms with Crippen LogP contribution in [0.1, 0.15) is 24.8 Å². The van der Waals surface area contributed by atoms with E-state index in [0.717, 1.165) is 24.9 Å². The maximum absolute atomic E-state index is 12.6. The number of rotatable bonds is 2. The highest BCUT2D eigenvalue weighted by Crippen LogP contribution is 2.30. The Morgan fingerprint density at radius 1 is 1.28 bits per heavy atom. The lowest BCUT2D eigenvalue weighted by atomic mass is 9.86. The van der Waals surface area contributed by atoms with Gasteiger partial charge in [0.25, 0.3) is 0 Å². The molecule has 2 saturated heterocycles. The molecule has 25 heavy (non-hydrogen) atoms. The van der Waals surface area contributed by atoms with Gasteiger partial charge < -0.3 is 15.5 Å². The maximum Gasteiger partial charge on any atom is 0.317 e. The first kappa shape index (κ1) is 18.0. The minimum atomic E-state index is -0.116. The van der Waals surface area contributed by atoms with E-state index >= 15 is 0 Å². The van der Waals surface area contributed by atoms with E-state index in [0.29, 0.717) is 37.6 Å². The molecule has 2 N–H and O–H groups in total. The number of hydrogen-bond acceptors (Lipinski definition) is 3. The largest absolute Gasteiger partial charge is 0.356 e. The van der Waals surface area contributed by atoms with E-state index in [1.165, 1.54) is 0 Å². The quantitative estimate of drug-likeness (QED) is 0.841. The molecule has 0 radical (unpaired) electrons. The smallest absolute Gasteiger partial charge is 0.317 e. The molecule has 2 aliphatic rings. The molecule has 1 spiro atoms. The predicted octanol–water partition coefficient (Wildman–Crippen LogP) is 1.84. The molecule has 1 aromatic carbocycles. The molecule has 2 fully saturated rings. The molecule has 1 aromatic rings. The third-order valence-electron chi connectivity index (χ3n) is 5.37. The van der Waals surface area contributed by atoms with Crippen molar-refractivity contribution in [3.63, 3.8) is 0 Å². The highest BCUT2D eigenvalue weighted by Gasteiger charge is 2.42. The zero-order valence-electron chi connectivity index (χ0n) is 14.6. The van der Waals surface area contributed by atoms with Gasteiger partial charge in [0.1, 0.15) is 0 Å². The minimum Gasteiger partial charge on any atom is -0.356 e. The second-order valence-electron chi connectivity index (χ2n) is 6.95. The van der Waals surface area contributed by atoms with Crippen LogP contribution in [0.4, 0.5) is 4.79 Å². The zero-order valence-corrected chi connectivity index (χ0v) is 15.3. The van der Waals surface area contributed by atoms with E-state index in [2.05, 4.69) is 22.6 Å². The fraction of sp³-hybridized carbons (Fsp3) is 0.556. The number of carbonyl (C=O) groups is 2. The van der Waals surface area contributed by atoms with Gasteiger partial charge in [-0.1, -0.05) is 23.7 Å². The molecule has 2 heterocycles. The second kappa shape index (κ2) is 7.62. The van der Waals surface area contributed by atoms with Crippen molar-refractivity contribution in [2.45, 2.75) is 31.3 Å². The van der Waals surface area contributed by atoms with Gasteiger partial charge in [-0.25, -0.2) is 4.79 Å². The van der Waals surface area contributed by atoms with Crippen LogP contribution in [0.2, 0.25) is 5.02 Å². The van der Waals surface area contributed by atoms with Crippen molar-refractivity contribution in [1.29, 1.82) is 0 Å². The van der Waals surface area contributed by atoms with Crippen molar-refractivity contribution in [2.75, 3.05) is 33.2 Å². The minimum absolute atomic E-state index is 0.0500. The topological polar surface area (TPSA) is 64.7 Å². The Bertz CT molecular complexity index is 636. The molecule has 0 saturated carbocycles. The molecule has 0 aliphatic carbocycles. The van der Waals surface area contributed by atoms with E-state index in [-0.39, 0.29) is 17.5 Å². The number of amides is 3. The number of nitrogens with one attached hydrogen (secondary N) is 2. The van der Waals surface area contributed by atoms with Gasteiger partial charge in [0, 0.05) is 49.7 Å². The van der Waals surface area contributed by atoms with Crippen molar-refractivity contribution in [3.05, 3.63) is 34.9 Å². The van der Waals surface area contributed by atoms with Gasteiger partial charge in [0.15, 0.2) is 0 Å². The highest BCUT2D eigenvalue weighted by atomic mass is 35.5. The van der Waals surface area contributed by atoms with Crippen LogP contribution in [0, 0.1) is 0 Å². The molecule has 0 aromatic heterocycles. The number of nitrogens with zero attached hydrogens (tertiary/aromatic N) is 2. The number of hydrogen-bond donors (Lipinski definition) is 2. The van der Waals surface area contributed by atoms with Crippen LogP contribution in [0.15, 0.2) is 24.3 Å². The van der Waals surface area contributed by atoms with Crippen LogP contribution < -0.4 is 10.6 Å². The summed E-state index contributed by atoms with van der Waals surface area (Å²) in [6, 6.07) is 7.42. The van der Waals surface area contributed by atoms with Gasteiger partial charge in [0.05, 0.1) is 0 Å². The van der Waals surface area contributed by atoms with Gasteiger partial charge in [-0.05, 0) is 37.6 Å². The highest BCUT2D eigenvalue weighted by molar-refractivity contribution is 6.30. The first-order valence-electron chi connectivity index (χ1n) is 8.74. The van der Waals surface area contributed by atoms with Gasteiger partial charge in [-0.3, -0.25) is 9.69 Å². The Morgan fingerprint density at radius 3 is 2.80 bits per heavy atom. The summed E-state index contributed by atoms with van der Waals surface area (Å²) < 4.78 is 0. The van der Waals surface area contributed by atoms with Crippen LogP contribution in [-0.4, -0.2) is 60.5 Å². The number of benzene rings is 1. The number of carbonyl (C=O) groups excluding carboxylic acids is 2. The Hall–Kier alpha value is -1.79. The van der Waals surface area contributed by atoms with Gasteiger partial charge >= 0.3 is 6.03 Å². The molecule has 2 aliphatic heterocycles. The predicted molar refractivity (Wildman–Crippen MR) is 97.5 cm³/mol. The molecule has 7 heteroatoms. The van der Waals surface area contributed by atoms with E-state index < -0.39 is 0 Å². The van der Waals surface area contributed by atoms with Crippen molar-refractivity contribution in [3.8, 4) is 0 Å². The van der Waals surface area contributed by atoms with Crippen LogP contribution in [0.3, 0.4) is 0 Å². The van der Waals surface area contributed by atoms with E-state index in [4.69, 9.17) is 11.6 Å². The summed E-state index contributed by atoms with van der Waals surface area (Å²) in [5.41, 5.74) is 0.903. The summed E-state index contributed by atoms with van der Waals surface area (Å²) >= 11 is 5.89. The number of urea groups is 1. The van der Waals surface area contributed by atoms with E-state index in [1.54, 1.807) is 0 Å². The molecule has 6 nitrogen and oxygen atoms in total. The Balaban J connectivity index is 1.61. The van der Waals surface area contributed by atoms with Gasteiger partial charge in [-0.2, -0.15) is 0 Å². The number of halogens is 1. The third kappa shape index (κ3) is 4.25. The third-order valence-corrected chi connectivity index (χ3v) is 5.63. The first-order chi connectivity index (χ1) is 12.0. The average molecular weight is 365 g/mol. The Labute approximate surface area is 153 Å². The van der Waals surface area contributed by atoms with Crippen LogP contribution in [-0.2, 0) is 11.3 Å². The van der Waals surface area contributed by atoms with Crippen LogP contribution in [0.5, 0.6) is 0 Å². The molecule has 3 rings (SSSR count). The lowest BCUT2D eigenvalue weighted by Gasteiger charge is -2.49. The maximum atomic E-state index is 12.6. The summed E-state index contributed by atoms with van der Waals surface area (Å²) in [6.45, 7) is 3.33. The molecule has 0 bridgehead atoms. The van der Waals surface area contributed by atoms with E-state index in [1.807, 2.05) is 29.2 Å². The fourth-order valence-electron chi connectivity index (χ4n) is 3.66. The summed E-state index contributed by atoms with van der Waals surface area (Å²) in [5.74, 6) is 0.106. The van der Waals surface area contributed by atoms with Crippen molar-refractivity contribution in [1.82, 2.24) is 20.4 Å². The summed E-state index contributed by atoms with van der Waals surface area (Å²) in [5, 5.41) is 6.62. The standard InChI is InChI=1S/C18H25ClN4O2/c1-22-10-11-23(13-18(22)7-6-16(24)20-9-8-18)17(25)21-12-14-2-4-15(19)5-3-14/h2-5H,6-13H2,1H3,(H,20,24)(H,21,25)/t18-/m0/s1.